The van der Waals surface area contributed by atoms with E-state index in [1.54, 1.807) is 32.9 Å². The lowest BCUT2D eigenvalue weighted by atomic mass is 9.82. The number of methoxy groups -OCH3 is 3. The van der Waals surface area contributed by atoms with Crippen LogP contribution in [0.15, 0.2) is 34.9 Å². The van der Waals surface area contributed by atoms with Crippen molar-refractivity contribution in [3.8, 4) is 17.2 Å². The van der Waals surface area contributed by atoms with Crippen molar-refractivity contribution in [2.75, 3.05) is 34.5 Å². The Balaban J connectivity index is 2.79. The summed E-state index contributed by atoms with van der Waals surface area (Å²) < 4.78 is 32.1. The lowest BCUT2D eigenvalue weighted by Crippen LogP contribution is -2.30. The fraction of sp³-hybridized carbons (Fsp3) is 0.429. The van der Waals surface area contributed by atoms with Crippen LogP contribution in [0.3, 0.4) is 0 Å². The van der Waals surface area contributed by atoms with Gasteiger partial charge in [0.15, 0.2) is 11.5 Å². The van der Waals surface area contributed by atoms with Crippen molar-refractivity contribution in [2.45, 2.75) is 26.7 Å². The fourth-order valence-electron chi connectivity index (χ4n) is 3.26. The molecule has 0 aliphatic carbocycles. The second-order valence-corrected chi connectivity index (χ2v) is 6.18. The fourth-order valence-corrected chi connectivity index (χ4v) is 3.26. The molecule has 1 aromatic rings. The maximum atomic E-state index is 12.8. The van der Waals surface area contributed by atoms with Gasteiger partial charge in [-0.1, -0.05) is 0 Å². The van der Waals surface area contributed by atoms with Gasteiger partial charge in [-0.25, -0.2) is 9.59 Å². The number of esters is 2. The van der Waals surface area contributed by atoms with E-state index in [9.17, 15) is 9.59 Å². The van der Waals surface area contributed by atoms with Crippen LogP contribution in [-0.2, 0) is 23.8 Å². The van der Waals surface area contributed by atoms with E-state index in [0.717, 1.165) is 0 Å². The molecule has 0 spiro atoms. The molecule has 2 rings (SSSR count). The molecule has 0 unspecified atom stereocenters. The minimum Gasteiger partial charge on any atom is -0.493 e. The highest BCUT2D eigenvalue weighted by atomic mass is 16.5. The van der Waals surface area contributed by atoms with Gasteiger partial charge in [0.25, 0.3) is 0 Å². The van der Waals surface area contributed by atoms with Gasteiger partial charge in [0.05, 0.1) is 46.0 Å². The monoisotopic (exact) mass is 421 g/mol. The maximum absolute atomic E-state index is 12.8. The third kappa shape index (κ3) is 4.29. The summed E-state index contributed by atoms with van der Waals surface area (Å²) in [6.07, 6.45) is 0. The molecule has 1 heterocycles. The first-order chi connectivity index (χ1) is 14.3. The Bertz CT molecular complexity index is 822. The van der Waals surface area contributed by atoms with E-state index in [0.29, 0.717) is 22.8 Å². The quantitative estimate of drug-likeness (QED) is 0.632. The number of benzene rings is 1. The molecule has 0 radical (unpaired) electrons. The van der Waals surface area contributed by atoms with E-state index in [4.69, 9.17) is 34.2 Å². The molecule has 1 atom stereocenters. The molecule has 0 aromatic heterocycles. The lowest BCUT2D eigenvalue weighted by molar-refractivity contribution is -0.140. The smallest absolute Gasteiger partial charge is 0.340 e. The topological polar surface area (TPSA) is 116 Å². The summed E-state index contributed by atoms with van der Waals surface area (Å²) in [5.74, 6) is -1.14. The summed E-state index contributed by atoms with van der Waals surface area (Å²) in [4.78, 5) is 25.5. The van der Waals surface area contributed by atoms with E-state index >= 15 is 0 Å². The molecule has 0 bridgehead atoms. The van der Waals surface area contributed by atoms with Crippen molar-refractivity contribution in [2.24, 2.45) is 5.73 Å². The van der Waals surface area contributed by atoms with Crippen LogP contribution in [0.4, 0.5) is 0 Å². The van der Waals surface area contributed by atoms with Crippen molar-refractivity contribution in [3.63, 3.8) is 0 Å². The molecule has 30 heavy (non-hydrogen) atoms. The summed E-state index contributed by atoms with van der Waals surface area (Å²) in [7, 11) is 4.41. The van der Waals surface area contributed by atoms with Crippen molar-refractivity contribution in [1.29, 1.82) is 0 Å². The highest BCUT2D eigenvalue weighted by Crippen LogP contribution is 2.46. The van der Waals surface area contributed by atoms with Crippen LogP contribution in [0.5, 0.6) is 17.2 Å². The Labute approximate surface area is 175 Å². The van der Waals surface area contributed by atoms with E-state index in [-0.39, 0.29) is 36.0 Å². The van der Waals surface area contributed by atoms with Gasteiger partial charge < -0.3 is 34.2 Å². The highest BCUT2D eigenvalue weighted by Gasteiger charge is 2.40. The number of hydrogen-bond acceptors (Lipinski definition) is 9. The van der Waals surface area contributed by atoms with Gasteiger partial charge in [-0.15, -0.1) is 0 Å². The van der Waals surface area contributed by atoms with Crippen molar-refractivity contribution >= 4 is 11.9 Å². The third-order valence-electron chi connectivity index (χ3n) is 4.50. The molecule has 0 amide bonds. The number of hydrogen-bond donors (Lipinski definition) is 1. The van der Waals surface area contributed by atoms with Crippen LogP contribution < -0.4 is 19.9 Å². The molecule has 9 nitrogen and oxygen atoms in total. The molecular weight excluding hydrogens is 394 g/mol. The van der Waals surface area contributed by atoms with Gasteiger partial charge in [-0.05, 0) is 38.5 Å². The number of nitrogens with two attached hydrogens (primary N) is 1. The van der Waals surface area contributed by atoms with Crippen molar-refractivity contribution in [1.82, 2.24) is 0 Å². The molecule has 1 aromatic carbocycles. The molecule has 164 valence electrons. The van der Waals surface area contributed by atoms with Crippen LogP contribution in [-0.4, -0.2) is 46.5 Å². The predicted molar refractivity (Wildman–Crippen MR) is 107 cm³/mol. The zero-order chi connectivity index (χ0) is 22.4. The van der Waals surface area contributed by atoms with Crippen LogP contribution in [0.1, 0.15) is 32.3 Å². The molecule has 0 saturated carbocycles. The summed E-state index contributed by atoms with van der Waals surface area (Å²) in [5.41, 5.74) is 6.65. The second-order valence-electron chi connectivity index (χ2n) is 6.18. The predicted octanol–water partition coefficient (Wildman–Crippen LogP) is 2.40. The Morgan fingerprint density at radius 3 is 1.87 bits per heavy atom. The summed E-state index contributed by atoms with van der Waals surface area (Å²) in [5, 5.41) is 0. The molecular formula is C21H27NO8. The van der Waals surface area contributed by atoms with Gasteiger partial charge in [0.1, 0.15) is 11.3 Å². The molecule has 2 N–H and O–H groups in total. The largest absolute Gasteiger partial charge is 0.493 e. The highest BCUT2D eigenvalue weighted by molar-refractivity contribution is 5.99. The minimum atomic E-state index is -0.925. The van der Waals surface area contributed by atoms with Crippen LogP contribution in [0.25, 0.3) is 0 Å². The number of carbonyl (C=O) groups excluding carboxylic acids is 2. The number of rotatable bonds is 8. The molecule has 9 heteroatoms. The Kier molecular flexibility index (Phi) is 7.57. The Hall–Kier alpha value is -3.36. The zero-order valence-corrected chi connectivity index (χ0v) is 18.0. The number of allylic oxidation sites excluding steroid dienone is 1. The first-order valence-corrected chi connectivity index (χ1v) is 9.36. The van der Waals surface area contributed by atoms with Crippen molar-refractivity contribution in [3.05, 3.63) is 40.5 Å². The van der Waals surface area contributed by atoms with Crippen molar-refractivity contribution < 1.29 is 38.0 Å². The third-order valence-corrected chi connectivity index (χ3v) is 4.50. The van der Waals surface area contributed by atoms with E-state index < -0.39 is 17.9 Å². The van der Waals surface area contributed by atoms with Gasteiger partial charge in [0.2, 0.25) is 11.6 Å². The molecule has 0 saturated heterocycles. The number of carbonyl (C=O) groups is 2. The molecule has 1 aliphatic heterocycles. The SMILES string of the molecule is CCOC(=O)C1=C(C)OC(N)=C(C(=O)OCC)[C@@H]1c1cc(OC)c(OC)c(OC)c1. The first-order valence-electron chi connectivity index (χ1n) is 9.36. The van der Waals surface area contributed by atoms with Gasteiger partial charge in [0, 0.05) is 0 Å². The zero-order valence-electron chi connectivity index (χ0n) is 18.0. The summed E-state index contributed by atoms with van der Waals surface area (Å²) >= 11 is 0. The Morgan fingerprint density at radius 2 is 1.43 bits per heavy atom. The normalized spacial score (nSPS) is 16.0. The van der Waals surface area contributed by atoms with E-state index in [2.05, 4.69) is 0 Å². The Morgan fingerprint density at radius 1 is 0.933 bits per heavy atom. The summed E-state index contributed by atoms with van der Waals surface area (Å²) in [6, 6.07) is 3.27. The standard InChI is InChI=1S/C21H27NO8/c1-7-28-20(23)15-11(3)30-19(22)17(21(24)29-8-2)16(15)12-9-13(25-4)18(27-6)14(10-12)26-5/h9-10,16H,7-8,22H2,1-6H3/t16-/m1/s1. The van der Waals surface area contributed by atoms with E-state index in [1.165, 1.54) is 21.3 Å². The average Bonchev–Trinajstić information content (AvgIpc) is 2.72. The van der Waals surface area contributed by atoms with E-state index in [1.807, 2.05) is 0 Å². The maximum Gasteiger partial charge on any atom is 0.340 e. The second kappa shape index (κ2) is 9.91. The van der Waals surface area contributed by atoms with Crippen LogP contribution >= 0.6 is 0 Å². The van der Waals surface area contributed by atoms with Crippen LogP contribution in [0.2, 0.25) is 0 Å². The van der Waals surface area contributed by atoms with Gasteiger partial charge >= 0.3 is 11.9 Å². The van der Waals surface area contributed by atoms with Gasteiger partial charge in [-0.2, -0.15) is 0 Å². The van der Waals surface area contributed by atoms with Gasteiger partial charge in [-0.3, -0.25) is 0 Å². The first kappa shape index (κ1) is 22.9. The molecule has 1 aliphatic rings. The lowest BCUT2D eigenvalue weighted by Gasteiger charge is -2.29. The average molecular weight is 421 g/mol. The molecule has 0 fully saturated rings. The summed E-state index contributed by atoms with van der Waals surface area (Å²) in [6.45, 7) is 5.19. The minimum absolute atomic E-state index is 0.0141. The number of ether oxygens (including phenoxy) is 6. The van der Waals surface area contributed by atoms with Crippen LogP contribution in [0, 0.1) is 0 Å².